The summed E-state index contributed by atoms with van der Waals surface area (Å²) in [5.74, 6) is -1.13. The van der Waals surface area contributed by atoms with Gasteiger partial charge < -0.3 is 47.4 Å². The summed E-state index contributed by atoms with van der Waals surface area (Å²) in [6, 6.07) is 0. The Labute approximate surface area is 206 Å². The van der Waals surface area contributed by atoms with Crippen molar-refractivity contribution in [1.29, 1.82) is 0 Å². The Kier molecular flexibility index (Phi) is 12.3. The summed E-state index contributed by atoms with van der Waals surface area (Å²) in [5.41, 5.74) is 0. The molecular weight excluding hydrogens is 468 g/mol. The monoisotopic (exact) mass is 508 g/mol. The summed E-state index contributed by atoms with van der Waals surface area (Å²) in [6.45, 7) is 6.90. The highest BCUT2D eigenvalue weighted by atomic mass is 16.8. The molecule has 10 atom stereocenters. The molecule has 2 aliphatic heterocycles. The van der Waals surface area contributed by atoms with Crippen LogP contribution in [-0.4, -0.2) is 115 Å². The second-order valence-electron chi connectivity index (χ2n) is 8.43. The standard InChI is InChI=1S/C23H40O12/c1-9-10-30-22-20(29-8)18(27-6)16(12(2)31-22)35-23-21(33-14(4)25)19(28-7)17(32-13(3)24)15(34-23)11-26-5/h12,15-23H,9-11H2,1-8H3/t12-,15+,16-,17+,18+,19-,20+,21+,22+,23-/m0/s1. The number of methoxy groups -OCH3 is 4. The van der Waals surface area contributed by atoms with Gasteiger partial charge in [-0.1, -0.05) is 6.92 Å². The average Bonchev–Trinajstić information content (AvgIpc) is 2.80. The maximum Gasteiger partial charge on any atom is 0.303 e. The minimum Gasteiger partial charge on any atom is -0.457 e. The van der Waals surface area contributed by atoms with Crippen LogP contribution in [0.3, 0.4) is 0 Å². The van der Waals surface area contributed by atoms with Gasteiger partial charge in [0.1, 0.15) is 30.5 Å². The van der Waals surface area contributed by atoms with Gasteiger partial charge in [0, 0.05) is 48.9 Å². The third-order valence-corrected chi connectivity index (χ3v) is 5.85. The molecule has 0 bridgehead atoms. The Morgan fingerprint density at radius 3 is 1.83 bits per heavy atom. The Morgan fingerprint density at radius 1 is 0.743 bits per heavy atom. The number of ether oxygens (including phenoxy) is 10. The molecule has 0 saturated carbocycles. The van der Waals surface area contributed by atoms with Crippen molar-refractivity contribution in [3.05, 3.63) is 0 Å². The fraction of sp³-hybridized carbons (Fsp3) is 0.913. The molecule has 0 radical (unpaired) electrons. The van der Waals surface area contributed by atoms with Crippen LogP contribution in [0.2, 0.25) is 0 Å². The molecule has 204 valence electrons. The highest BCUT2D eigenvalue weighted by molar-refractivity contribution is 5.67. The van der Waals surface area contributed by atoms with Crippen molar-refractivity contribution in [3.8, 4) is 0 Å². The second kappa shape index (κ2) is 14.4. The molecule has 2 saturated heterocycles. The van der Waals surface area contributed by atoms with Crippen LogP contribution in [0.5, 0.6) is 0 Å². The average molecular weight is 509 g/mol. The lowest BCUT2D eigenvalue weighted by Crippen LogP contribution is -2.65. The SMILES string of the molecule is CCCO[C@@H]1O[C@@H](C)[C@H](O[C@@H]2O[C@H](COC)[C@@H](OC(C)=O)[C@H](OC)[C@H]2OC(C)=O)[C@@H](OC)[C@H]1OC. The molecule has 2 fully saturated rings. The van der Waals surface area contributed by atoms with Crippen LogP contribution in [-0.2, 0) is 57.0 Å². The summed E-state index contributed by atoms with van der Waals surface area (Å²) >= 11 is 0. The molecular formula is C23H40O12. The number of esters is 2. The molecule has 12 nitrogen and oxygen atoms in total. The van der Waals surface area contributed by atoms with Crippen molar-refractivity contribution < 1.29 is 57.0 Å². The summed E-state index contributed by atoms with van der Waals surface area (Å²) in [5, 5.41) is 0. The molecule has 0 N–H and O–H groups in total. The van der Waals surface area contributed by atoms with Crippen molar-refractivity contribution in [2.45, 2.75) is 95.5 Å². The minimum atomic E-state index is -1.12. The first-order valence-electron chi connectivity index (χ1n) is 11.7. The van der Waals surface area contributed by atoms with Gasteiger partial charge in [0.25, 0.3) is 0 Å². The number of carbonyl (C=O) groups excluding carboxylic acids is 2. The van der Waals surface area contributed by atoms with Gasteiger partial charge in [0.15, 0.2) is 24.8 Å². The van der Waals surface area contributed by atoms with E-state index in [1.807, 2.05) is 13.8 Å². The van der Waals surface area contributed by atoms with Gasteiger partial charge in [-0.15, -0.1) is 0 Å². The van der Waals surface area contributed by atoms with Gasteiger partial charge in [-0.05, 0) is 13.3 Å². The first kappa shape index (κ1) is 29.8. The summed E-state index contributed by atoms with van der Waals surface area (Å²) < 4.78 is 57.6. The first-order chi connectivity index (χ1) is 16.7. The zero-order chi connectivity index (χ0) is 26.1. The predicted molar refractivity (Wildman–Crippen MR) is 119 cm³/mol. The van der Waals surface area contributed by atoms with Gasteiger partial charge in [0.2, 0.25) is 0 Å². The molecule has 2 rings (SSSR count). The van der Waals surface area contributed by atoms with E-state index in [1.165, 1.54) is 42.3 Å². The maximum absolute atomic E-state index is 12.0. The molecule has 0 aromatic rings. The number of hydrogen-bond acceptors (Lipinski definition) is 12. The van der Waals surface area contributed by atoms with Crippen molar-refractivity contribution in [1.82, 2.24) is 0 Å². The van der Waals surface area contributed by atoms with Crippen LogP contribution in [0.1, 0.15) is 34.1 Å². The Bertz CT molecular complexity index is 660. The first-order valence-corrected chi connectivity index (χ1v) is 11.7. The molecule has 0 amide bonds. The van der Waals surface area contributed by atoms with Crippen molar-refractivity contribution >= 4 is 11.9 Å². The van der Waals surface area contributed by atoms with E-state index in [0.717, 1.165) is 6.42 Å². The van der Waals surface area contributed by atoms with Crippen LogP contribution in [0.15, 0.2) is 0 Å². The van der Waals surface area contributed by atoms with E-state index in [0.29, 0.717) is 6.61 Å². The number of hydrogen-bond donors (Lipinski definition) is 0. The largest absolute Gasteiger partial charge is 0.457 e. The van der Waals surface area contributed by atoms with Crippen LogP contribution < -0.4 is 0 Å². The highest BCUT2D eigenvalue weighted by Gasteiger charge is 2.54. The molecule has 0 spiro atoms. The van der Waals surface area contributed by atoms with E-state index in [2.05, 4.69) is 0 Å². The Balaban J connectivity index is 2.35. The molecule has 2 heterocycles. The summed E-state index contributed by atoms with van der Waals surface area (Å²) in [6.07, 6.45) is -6.95. The number of carbonyl (C=O) groups is 2. The van der Waals surface area contributed by atoms with E-state index in [9.17, 15) is 9.59 Å². The smallest absolute Gasteiger partial charge is 0.303 e. The zero-order valence-corrected chi connectivity index (χ0v) is 21.8. The van der Waals surface area contributed by atoms with Gasteiger partial charge in [-0.2, -0.15) is 0 Å². The van der Waals surface area contributed by atoms with Gasteiger partial charge in [0.05, 0.1) is 12.7 Å². The van der Waals surface area contributed by atoms with Gasteiger partial charge in [-0.25, -0.2) is 0 Å². The molecule has 0 aromatic heterocycles. The zero-order valence-electron chi connectivity index (χ0n) is 21.8. The molecule has 35 heavy (non-hydrogen) atoms. The van der Waals surface area contributed by atoms with Crippen molar-refractivity contribution in [2.75, 3.05) is 41.7 Å². The van der Waals surface area contributed by atoms with E-state index in [1.54, 1.807) is 0 Å². The lowest BCUT2D eigenvalue weighted by molar-refractivity contribution is -0.361. The summed E-state index contributed by atoms with van der Waals surface area (Å²) in [4.78, 5) is 23.7. The van der Waals surface area contributed by atoms with Crippen LogP contribution in [0.4, 0.5) is 0 Å². The quantitative estimate of drug-likeness (QED) is 0.346. The third kappa shape index (κ3) is 7.56. The summed E-state index contributed by atoms with van der Waals surface area (Å²) in [7, 11) is 5.98. The fourth-order valence-corrected chi connectivity index (χ4v) is 4.41. The second-order valence-corrected chi connectivity index (χ2v) is 8.43. The number of rotatable bonds is 12. The molecule has 0 aliphatic carbocycles. The van der Waals surface area contributed by atoms with Crippen molar-refractivity contribution in [2.24, 2.45) is 0 Å². The van der Waals surface area contributed by atoms with Gasteiger partial charge in [-0.3, -0.25) is 9.59 Å². The van der Waals surface area contributed by atoms with E-state index >= 15 is 0 Å². The lowest BCUT2D eigenvalue weighted by atomic mass is 9.96. The normalized spacial score (nSPS) is 37.6. The highest BCUT2D eigenvalue weighted by Crippen LogP contribution is 2.34. The molecule has 2 aliphatic rings. The van der Waals surface area contributed by atoms with Gasteiger partial charge >= 0.3 is 11.9 Å². The molecule has 12 heteroatoms. The Hall–Kier alpha value is -1.38. The minimum absolute atomic E-state index is 0.0719. The van der Waals surface area contributed by atoms with Crippen LogP contribution in [0.25, 0.3) is 0 Å². The van der Waals surface area contributed by atoms with E-state index < -0.39 is 73.4 Å². The third-order valence-electron chi connectivity index (χ3n) is 5.85. The molecule has 0 unspecified atom stereocenters. The fourth-order valence-electron chi connectivity index (χ4n) is 4.41. The maximum atomic E-state index is 12.0. The molecule has 0 aromatic carbocycles. The topological polar surface area (TPSA) is 126 Å². The van der Waals surface area contributed by atoms with Crippen molar-refractivity contribution in [3.63, 3.8) is 0 Å². The lowest BCUT2D eigenvalue weighted by Gasteiger charge is -2.48. The van der Waals surface area contributed by atoms with Crippen LogP contribution >= 0.6 is 0 Å². The van der Waals surface area contributed by atoms with Crippen LogP contribution in [0, 0.1) is 0 Å². The van der Waals surface area contributed by atoms with E-state index in [4.69, 9.17) is 47.4 Å². The van der Waals surface area contributed by atoms with E-state index in [-0.39, 0.29) is 6.61 Å². The predicted octanol–water partition coefficient (Wildman–Crippen LogP) is 0.823. The Morgan fingerprint density at radius 2 is 1.31 bits per heavy atom.